The lowest BCUT2D eigenvalue weighted by molar-refractivity contribution is -0.633. The summed E-state index contributed by atoms with van der Waals surface area (Å²) in [6.45, 7) is 15.1. The van der Waals surface area contributed by atoms with E-state index in [-0.39, 0.29) is 11.8 Å². The third-order valence-corrected chi connectivity index (χ3v) is 6.22. The zero-order chi connectivity index (χ0) is 23.2. The molecule has 0 saturated carbocycles. The Balaban J connectivity index is 1.92. The molecule has 0 bridgehead atoms. The average molecular weight is 426 g/mol. The molecule has 2 aromatic heterocycles. The number of nitrogens with zero attached hydrogens (tertiary/aromatic N) is 4. The fraction of sp³-hybridized carbons (Fsp3) is 0.357. The molecule has 4 rings (SSSR count). The zero-order valence-corrected chi connectivity index (χ0v) is 20.5. The Hall–Kier alpha value is -3.14. The van der Waals surface area contributed by atoms with Gasteiger partial charge in [-0.15, -0.1) is 0 Å². The Bertz CT molecular complexity index is 1290. The molecule has 32 heavy (non-hydrogen) atoms. The lowest BCUT2D eigenvalue weighted by Gasteiger charge is -2.12. The summed E-state index contributed by atoms with van der Waals surface area (Å²) in [7, 11) is 2.14. The maximum absolute atomic E-state index is 4.81. The molecule has 164 valence electrons. The summed E-state index contributed by atoms with van der Waals surface area (Å²) < 4.78 is 2.29. The number of hydrogen-bond donors (Lipinski definition) is 0. The van der Waals surface area contributed by atoms with E-state index < -0.39 is 0 Å². The van der Waals surface area contributed by atoms with E-state index in [1.165, 1.54) is 33.3 Å². The summed E-state index contributed by atoms with van der Waals surface area (Å²) in [5.74, 6) is 2.96. The van der Waals surface area contributed by atoms with Gasteiger partial charge in [-0.05, 0) is 50.1 Å². The van der Waals surface area contributed by atoms with E-state index in [2.05, 4.69) is 103 Å². The lowest BCUT2D eigenvalue weighted by atomic mass is 9.96. The first-order valence-corrected chi connectivity index (χ1v) is 11.4. The maximum atomic E-state index is 4.81. The van der Waals surface area contributed by atoms with Crippen LogP contribution in [0.1, 0.15) is 67.9 Å². The average Bonchev–Trinajstić information content (AvgIpc) is 2.76. The van der Waals surface area contributed by atoms with E-state index in [0.717, 1.165) is 28.6 Å². The van der Waals surface area contributed by atoms with Crippen LogP contribution in [0.25, 0.3) is 33.5 Å². The van der Waals surface area contributed by atoms with Crippen molar-refractivity contribution >= 4 is 10.9 Å². The second-order valence-corrected chi connectivity index (χ2v) is 9.49. The van der Waals surface area contributed by atoms with Crippen molar-refractivity contribution < 1.29 is 4.57 Å². The van der Waals surface area contributed by atoms with E-state index in [1.54, 1.807) is 0 Å². The second-order valence-electron chi connectivity index (χ2n) is 9.49. The highest BCUT2D eigenvalue weighted by atomic mass is 15.0. The molecule has 4 heteroatoms. The van der Waals surface area contributed by atoms with Crippen molar-refractivity contribution in [1.29, 1.82) is 0 Å². The third-order valence-electron chi connectivity index (χ3n) is 6.22. The van der Waals surface area contributed by atoms with Crippen LogP contribution in [0.15, 0.2) is 42.5 Å². The van der Waals surface area contributed by atoms with Gasteiger partial charge >= 0.3 is 0 Å². The fourth-order valence-electron chi connectivity index (χ4n) is 4.16. The van der Waals surface area contributed by atoms with Crippen molar-refractivity contribution in [2.24, 2.45) is 7.05 Å². The van der Waals surface area contributed by atoms with Crippen LogP contribution in [-0.4, -0.2) is 15.0 Å². The Labute approximate surface area is 191 Å². The summed E-state index contributed by atoms with van der Waals surface area (Å²) in [5.41, 5.74) is 8.60. The summed E-state index contributed by atoms with van der Waals surface area (Å²) in [4.78, 5) is 14.3. The number of hydrogen-bond acceptors (Lipinski definition) is 3. The Kier molecular flexibility index (Phi) is 5.81. The molecule has 0 fully saturated rings. The Morgan fingerprint density at radius 2 is 1.38 bits per heavy atom. The molecule has 0 amide bonds. The van der Waals surface area contributed by atoms with Crippen molar-refractivity contribution in [3.63, 3.8) is 0 Å². The van der Waals surface area contributed by atoms with Crippen molar-refractivity contribution in [2.45, 2.75) is 60.3 Å². The number of fused-ring (bicyclic) bond motifs is 1. The van der Waals surface area contributed by atoms with Gasteiger partial charge in [-0.25, -0.2) is 15.0 Å². The van der Waals surface area contributed by atoms with Crippen LogP contribution < -0.4 is 4.57 Å². The molecule has 0 N–H and O–H groups in total. The minimum Gasteiger partial charge on any atom is -0.217 e. The Morgan fingerprint density at radius 1 is 0.750 bits per heavy atom. The van der Waals surface area contributed by atoms with Gasteiger partial charge in [0.25, 0.3) is 0 Å². The van der Waals surface area contributed by atoms with Gasteiger partial charge in [-0.2, -0.15) is 4.57 Å². The van der Waals surface area contributed by atoms with E-state index in [4.69, 9.17) is 15.0 Å². The molecular formula is C28H33N4+. The first-order valence-electron chi connectivity index (χ1n) is 11.4. The number of pyridine rings is 1. The smallest absolute Gasteiger partial charge is 0.213 e. The van der Waals surface area contributed by atoms with E-state index in [9.17, 15) is 0 Å². The number of rotatable bonds is 4. The van der Waals surface area contributed by atoms with E-state index >= 15 is 0 Å². The predicted molar refractivity (Wildman–Crippen MR) is 132 cm³/mol. The monoisotopic (exact) mass is 425 g/mol. The second kappa shape index (κ2) is 8.42. The highest BCUT2D eigenvalue weighted by Gasteiger charge is 2.19. The van der Waals surface area contributed by atoms with Crippen LogP contribution in [0.2, 0.25) is 0 Å². The standard InChI is InChI=1S/C28H33N4/c1-16(2)26-29-27(17(3)4)31-28(30-26)22-10-9-21-11-12-24(32(8)25(21)15-22)23-14-18(5)13-19(6)20(23)7/h9-17H,1-8H3/q+1. The van der Waals surface area contributed by atoms with Crippen LogP contribution in [0.5, 0.6) is 0 Å². The van der Waals surface area contributed by atoms with Crippen molar-refractivity contribution in [3.8, 4) is 22.6 Å². The van der Waals surface area contributed by atoms with Crippen LogP contribution in [0.4, 0.5) is 0 Å². The van der Waals surface area contributed by atoms with E-state index in [1.807, 2.05) is 0 Å². The molecule has 0 spiro atoms. The highest BCUT2D eigenvalue weighted by Crippen LogP contribution is 2.28. The third kappa shape index (κ3) is 4.02. The summed E-state index contributed by atoms with van der Waals surface area (Å²) in [6, 6.07) is 15.4. The minimum absolute atomic E-state index is 0.255. The molecule has 0 saturated heterocycles. The van der Waals surface area contributed by atoms with Crippen LogP contribution >= 0.6 is 0 Å². The first-order chi connectivity index (χ1) is 15.2. The molecule has 0 unspecified atom stereocenters. The fourth-order valence-corrected chi connectivity index (χ4v) is 4.16. The van der Waals surface area contributed by atoms with Gasteiger partial charge in [0.15, 0.2) is 5.82 Å². The zero-order valence-electron chi connectivity index (χ0n) is 20.5. The maximum Gasteiger partial charge on any atom is 0.213 e. The number of benzene rings is 2. The molecule has 0 aliphatic heterocycles. The Morgan fingerprint density at radius 3 is 2.00 bits per heavy atom. The van der Waals surface area contributed by atoms with Crippen LogP contribution in [0, 0.1) is 20.8 Å². The van der Waals surface area contributed by atoms with Gasteiger partial charge in [-0.1, -0.05) is 45.4 Å². The molecule has 0 aliphatic rings. The van der Waals surface area contributed by atoms with E-state index in [0.29, 0.717) is 0 Å². The normalized spacial score (nSPS) is 11.7. The van der Waals surface area contributed by atoms with Crippen molar-refractivity contribution in [3.05, 3.63) is 70.8 Å². The highest BCUT2D eigenvalue weighted by molar-refractivity contribution is 5.82. The van der Waals surface area contributed by atoms with Crippen molar-refractivity contribution in [1.82, 2.24) is 15.0 Å². The van der Waals surface area contributed by atoms with Gasteiger partial charge in [0.05, 0.1) is 0 Å². The summed E-state index contributed by atoms with van der Waals surface area (Å²) >= 11 is 0. The molecular weight excluding hydrogens is 392 g/mol. The summed E-state index contributed by atoms with van der Waals surface area (Å²) in [6.07, 6.45) is 0. The minimum atomic E-state index is 0.255. The molecule has 4 nitrogen and oxygen atoms in total. The predicted octanol–water partition coefficient (Wildman–Crippen LogP) is 6.36. The van der Waals surface area contributed by atoms with Gasteiger partial charge in [0.1, 0.15) is 18.7 Å². The number of aromatic nitrogens is 4. The molecule has 2 heterocycles. The molecule has 4 aromatic rings. The van der Waals surface area contributed by atoms with Gasteiger partial charge < -0.3 is 0 Å². The molecule has 2 aromatic carbocycles. The SMILES string of the molecule is Cc1cc(C)c(C)c(-c2ccc3ccc(-c4nc(C(C)C)nc(C(C)C)n4)cc3[n+]2C)c1. The van der Waals surface area contributed by atoms with Crippen LogP contribution in [-0.2, 0) is 7.05 Å². The lowest BCUT2D eigenvalue weighted by Crippen LogP contribution is -2.32. The van der Waals surface area contributed by atoms with Gasteiger partial charge in [0.2, 0.25) is 11.2 Å². The molecule has 0 radical (unpaired) electrons. The molecule has 0 atom stereocenters. The van der Waals surface area contributed by atoms with Crippen molar-refractivity contribution in [2.75, 3.05) is 0 Å². The summed E-state index contributed by atoms with van der Waals surface area (Å²) in [5, 5.41) is 1.20. The largest absolute Gasteiger partial charge is 0.217 e. The quantitative estimate of drug-likeness (QED) is 0.358. The topological polar surface area (TPSA) is 42.6 Å². The number of aryl methyl sites for hydroxylation is 3. The van der Waals surface area contributed by atoms with Gasteiger partial charge in [0, 0.05) is 40.5 Å². The molecule has 0 aliphatic carbocycles. The van der Waals surface area contributed by atoms with Gasteiger partial charge in [-0.3, -0.25) is 0 Å². The van der Waals surface area contributed by atoms with Crippen LogP contribution in [0.3, 0.4) is 0 Å². The first kappa shape index (κ1) is 22.1.